The first kappa shape index (κ1) is 29.4. The minimum atomic E-state index is -0.467. The fourth-order valence-corrected chi connectivity index (χ4v) is 6.56. The molecule has 1 amide bonds. The van der Waals surface area contributed by atoms with Gasteiger partial charge in [0.1, 0.15) is 5.75 Å². The van der Waals surface area contributed by atoms with Crippen molar-refractivity contribution in [2.75, 3.05) is 34.4 Å². The third kappa shape index (κ3) is 5.91. The van der Waals surface area contributed by atoms with Crippen LogP contribution >= 0.6 is 0 Å². The summed E-state index contributed by atoms with van der Waals surface area (Å²) in [4.78, 5) is 52.2. The summed E-state index contributed by atoms with van der Waals surface area (Å²) in [6.45, 7) is 0.124. The molecule has 9 nitrogen and oxygen atoms in total. The highest BCUT2D eigenvalue weighted by atomic mass is 16.5. The largest absolute Gasteiger partial charge is 0.497 e. The highest BCUT2D eigenvalue weighted by Gasteiger charge is 2.43. The van der Waals surface area contributed by atoms with Gasteiger partial charge in [-0.15, -0.1) is 0 Å². The molecule has 4 aliphatic rings. The van der Waals surface area contributed by atoms with Gasteiger partial charge in [-0.1, -0.05) is 31.4 Å². The highest BCUT2D eigenvalue weighted by Crippen LogP contribution is 2.51. The molecule has 1 saturated carbocycles. The van der Waals surface area contributed by atoms with Gasteiger partial charge in [-0.05, 0) is 59.7 Å². The molecule has 1 fully saturated rings. The number of fused-ring (bicyclic) bond motifs is 5. The van der Waals surface area contributed by atoms with E-state index in [0.29, 0.717) is 35.8 Å². The van der Waals surface area contributed by atoms with Crippen LogP contribution in [-0.4, -0.2) is 69.0 Å². The first-order chi connectivity index (χ1) is 20.3. The smallest absolute Gasteiger partial charge is 0.333 e. The van der Waals surface area contributed by atoms with Gasteiger partial charge >= 0.3 is 11.9 Å². The standard InChI is InChI=1S/C33H38N2O7/c1-40-25-11-13-26-22(16-25)15-23(32(38)34-18-24(36)10-14-29(37)41-2)19-35-28-17-21(33(39)42-3)9-12-27(28)30(31(26)35)20-7-5-4-6-8-20/h9,11-13,15-16,20,28H,4-8,10,14,17-19H2,1-3H3,(H,34,38). The van der Waals surface area contributed by atoms with Crippen LogP contribution in [-0.2, 0) is 28.7 Å². The zero-order chi connectivity index (χ0) is 29.8. The number of carbonyl (C=O) groups excluding carboxylic acids is 4. The van der Waals surface area contributed by atoms with E-state index in [1.54, 1.807) is 7.11 Å². The molecule has 2 aliphatic heterocycles. The number of Topliss-reactive ketones (excluding diaryl/α,β-unsaturated/α-hetero) is 1. The Bertz CT molecular complexity index is 1410. The van der Waals surface area contributed by atoms with E-state index in [0.717, 1.165) is 29.7 Å². The van der Waals surface area contributed by atoms with Crippen LogP contribution in [0.3, 0.4) is 0 Å². The third-order valence-corrected chi connectivity index (χ3v) is 8.68. The molecule has 42 heavy (non-hydrogen) atoms. The van der Waals surface area contributed by atoms with Gasteiger partial charge in [-0.3, -0.25) is 14.4 Å². The minimum absolute atomic E-state index is 0.00530. The Morgan fingerprint density at radius 3 is 2.45 bits per heavy atom. The number of methoxy groups -OCH3 is 3. The number of nitrogens with zero attached hydrogens (tertiary/aromatic N) is 1. The van der Waals surface area contributed by atoms with Crippen LogP contribution in [0.1, 0.15) is 62.5 Å². The van der Waals surface area contributed by atoms with E-state index in [1.165, 1.54) is 44.6 Å². The quantitative estimate of drug-likeness (QED) is 0.439. The Morgan fingerprint density at radius 2 is 1.74 bits per heavy atom. The Hall–Kier alpha value is -4.14. The van der Waals surface area contributed by atoms with Gasteiger partial charge in [0.2, 0.25) is 5.91 Å². The number of nitrogens with one attached hydrogen (secondary N) is 1. The first-order valence-corrected chi connectivity index (χ1v) is 14.6. The number of benzene rings is 1. The van der Waals surface area contributed by atoms with Crippen molar-refractivity contribution in [1.29, 1.82) is 0 Å². The summed E-state index contributed by atoms with van der Waals surface area (Å²) in [5.74, 6) is -0.356. The maximum Gasteiger partial charge on any atom is 0.333 e. The van der Waals surface area contributed by atoms with E-state index in [2.05, 4.69) is 27.1 Å². The number of amides is 1. The Morgan fingerprint density at radius 1 is 0.952 bits per heavy atom. The number of carbonyl (C=O) groups is 4. The zero-order valence-corrected chi connectivity index (χ0v) is 24.5. The monoisotopic (exact) mass is 574 g/mol. The second kappa shape index (κ2) is 12.8. The molecule has 1 atom stereocenters. The van der Waals surface area contributed by atoms with Crippen LogP contribution in [0.25, 0.3) is 11.8 Å². The molecule has 9 heteroatoms. The summed E-state index contributed by atoms with van der Waals surface area (Å²) in [5.41, 5.74) is 6.58. The molecule has 0 saturated heterocycles. The van der Waals surface area contributed by atoms with Gasteiger partial charge in [-0.2, -0.15) is 0 Å². The minimum Gasteiger partial charge on any atom is -0.497 e. The SMILES string of the molecule is COC(=O)CCC(=O)CNC(=O)C1=Cc2cc(OC)ccc2C2=C(C3CCCCC3)C3=CC=C(C(=O)OC)CC3N2C1. The molecule has 2 heterocycles. The maximum atomic E-state index is 13.6. The second-order valence-corrected chi connectivity index (χ2v) is 11.2. The van der Waals surface area contributed by atoms with Gasteiger partial charge in [-0.25, -0.2) is 4.79 Å². The summed E-state index contributed by atoms with van der Waals surface area (Å²) in [6.07, 6.45) is 12.1. The van der Waals surface area contributed by atoms with Crippen molar-refractivity contribution in [3.8, 4) is 5.75 Å². The summed E-state index contributed by atoms with van der Waals surface area (Å²) in [6, 6.07) is 5.81. The van der Waals surface area contributed by atoms with Crippen molar-refractivity contribution in [3.63, 3.8) is 0 Å². The lowest BCUT2D eigenvalue weighted by Crippen LogP contribution is -2.38. The van der Waals surface area contributed by atoms with Crippen LogP contribution in [0.5, 0.6) is 5.75 Å². The number of allylic oxidation sites excluding steroid dienone is 2. The Kier molecular flexibility index (Phi) is 8.94. The molecule has 1 aromatic rings. The predicted octanol–water partition coefficient (Wildman–Crippen LogP) is 4.14. The average Bonchev–Trinajstić information content (AvgIpc) is 3.24. The second-order valence-electron chi connectivity index (χ2n) is 11.2. The van der Waals surface area contributed by atoms with E-state index in [-0.39, 0.29) is 43.1 Å². The normalized spacial score (nSPS) is 19.7. The molecule has 0 bridgehead atoms. The molecule has 0 aromatic heterocycles. The topological polar surface area (TPSA) is 111 Å². The summed E-state index contributed by atoms with van der Waals surface area (Å²) >= 11 is 0. The van der Waals surface area contributed by atoms with E-state index in [9.17, 15) is 19.2 Å². The first-order valence-electron chi connectivity index (χ1n) is 14.6. The molecule has 1 aromatic carbocycles. The summed E-state index contributed by atoms with van der Waals surface area (Å²) in [7, 11) is 4.28. The van der Waals surface area contributed by atoms with Crippen molar-refractivity contribution >= 4 is 35.4 Å². The molecular formula is C33H38N2O7. The van der Waals surface area contributed by atoms with Crippen molar-refractivity contribution in [3.05, 3.63) is 63.8 Å². The van der Waals surface area contributed by atoms with E-state index < -0.39 is 5.97 Å². The van der Waals surface area contributed by atoms with E-state index in [4.69, 9.17) is 9.47 Å². The maximum absolute atomic E-state index is 13.6. The lowest BCUT2D eigenvalue weighted by atomic mass is 9.77. The fraction of sp³-hybridized carbons (Fsp3) is 0.455. The zero-order valence-electron chi connectivity index (χ0n) is 24.5. The Balaban J connectivity index is 1.53. The predicted molar refractivity (Wildman–Crippen MR) is 157 cm³/mol. The lowest BCUT2D eigenvalue weighted by Gasteiger charge is -2.32. The van der Waals surface area contributed by atoms with Gasteiger partial charge in [0, 0.05) is 41.8 Å². The summed E-state index contributed by atoms with van der Waals surface area (Å²) < 4.78 is 15.2. The van der Waals surface area contributed by atoms with Gasteiger partial charge in [0.15, 0.2) is 5.78 Å². The van der Waals surface area contributed by atoms with Crippen molar-refractivity contribution in [2.24, 2.45) is 5.92 Å². The number of hydrogen-bond donors (Lipinski definition) is 1. The van der Waals surface area contributed by atoms with Crippen LogP contribution in [0.4, 0.5) is 0 Å². The number of ether oxygens (including phenoxy) is 3. The van der Waals surface area contributed by atoms with E-state index in [1.807, 2.05) is 24.3 Å². The van der Waals surface area contributed by atoms with Crippen LogP contribution in [0.2, 0.25) is 0 Å². The number of ketones is 1. The van der Waals surface area contributed by atoms with Crippen LogP contribution in [0, 0.1) is 5.92 Å². The molecule has 0 radical (unpaired) electrons. The van der Waals surface area contributed by atoms with Crippen LogP contribution < -0.4 is 10.1 Å². The number of rotatable bonds is 9. The fourth-order valence-electron chi connectivity index (χ4n) is 6.56. The van der Waals surface area contributed by atoms with Crippen molar-refractivity contribution in [2.45, 2.75) is 57.4 Å². The van der Waals surface area contributed by atoms with Gasteiger partial charge < -0.3 is 24.4 Å². The lowest BCUT2D eigenvalue weighted by molar-refractivity contribution is -0.141. The molecule has 5 rings (SSSR count). The van der Waals surface area contributed by atoms with Crippen molar-refractivity contribution in [1.82, 2.24) is 10.2 Å². The molecule has 0 spiro atoms. The van der Waals surface area contributed by atoms with Crippen LogP contribution in [0.15, 0.2) is 52.6 Å². The average molecular weight is 575 g/mol. The molecule has 222 valence electrons. The van der Waals surface area contributed by atoms with Gasteiger partial charge in [0.05, 0.1) is 40.3 Å². The number of hydrogen-bond acceptors (Lipinski definition) is 8. The number of esters is 2. The molecular weight excluding hydrogens is 536 g/mol. The van der Waals surface area contributed by atoms with Crippen molar-refractivity contribution < 1.29 is 33.4 Å². The molecule has 2 aliphatic carbocycles. The molecule has 1 N–H and O–H groups in total. The third-order valence-electron chi connectivity index (χ3n) is 8.68. The summed E-state index contributed by atoms with van der Waals surface area (Å²) in [5, 5.41) is 2.76. The highest BCUT2D eigenvalue weighted by molar-refractivity contribution is 6.02. The van der Waals surface area contributed by atoms with Gasteiger partial charge in [0.25, 0.3) is 0 Å². The Labute approximate surface area is 246 Å². The van der Waals surface area contributed by atoms with E-state index >= 15 is 0 Å². The molecule has 1 unspecified atom stereocenters.